The van der Waals surface area contributed by atoms with Crippen molar-refractivity contribution in [1.29, 1.82) is 0 Å². The Morgan fingerprint density at radius 1 is 1.12 bits per heavy atom. The Kier molecular flexibility index (Phi) is 4.58. The minimum atomic E-state index is -0.400. The van der Waals surface area contributed by atoms with Gasteiger partial charge in [-0.25, -0.2) is 9.97 Å². The fraction of sp³-hybridized carbons (Fsp3) is 0.360. The number of hydrogen-bond acceptors (Lipinski definition) is 5. The minimum Gasteiger partial charge on any atom is -0.345 e. The number of carbonyl (C=O) groups is 1. The number of nitrogens with one attached hydrogen (secondary N) is 2. The third-order valence-corrected chi connectivity index (χ3v) is 7.41. The fourth-order valence-electron chi connectivity index (χ4n) is 5.27. The molecule has 8 nitrogen and oxygen atoms in total. The van der Waals surface area contributed by atoms with Crippen LogP contribution in [-0.2, 0) is 13.1 Å². The number of imidazole rings is 1. The Labute approximate surface area is 190 Å². The molecule has 0 aliphatic heterocycles. The van der Waals surface area contributed by atoms with Gasteiger partial charge < -0.3 is 15.0 Å². The molecule has 4 aromatic rings. The highest BCUT2D eigenvalue weighted by Gasteiger charge is 2.58. The second kappa shape index (κ2) is 7.52. The quantitative estimate of drug-likeness (QED) is 0.459. The van der Waals surface area contributed by atoms with Gasteiger partial charge >= 0.3 is 0 Å². The number of fused-ring (bicyclic) bond motifs is 2. The van der Waals surface area contributed by atoms with Crippen molar-refractivity contribution >= 4 is 17.2 Å². The summed E-state index contributed by atoms with van der Waals surface area (Å²) >= 11 is 0. The van der Waals surface area contributed by atoms with E-state index in [1.165, 1.54) is 35.3 Å². The zero-order valence-electron chi connectivity index (χ0n) is 18.5. The predicted molar refractivity (Wildman–Crippen MR) is 124 cm³/mol. The van der Waals surface area contributed by atoms with Crippen molar-refractivity contribution in [2.24, 2.45) is 11.3 Å². The lowest BCUT2D eigenvalue weighted by Crippen LogP contribution is -2.61. The summed E-state index contributed by atoms with van der Waals surface area (Å²) in [6.07, 6.45) is 9.80. The molecule has 2 bridgehead atoms. The van der Waals surface area contributed by atoms with Crippen molar-refractivity contribution in [3.05, 3.63) is 82.3 Å². The molecule has 1 unspecified atom stereocenters. The first-order chi connectivity index (χ1) is 16.0. The predicted octanol–water partition coefficient (Wildman–Crippen LogP) is 2.55. The smallest absolute Gasteiger partial charge is 0.270 e. The molecule has 0 saturated heterocycles. The first-order valence-corrected chi connectivity index (χ1v) is 11.5. The van der Waals surface area contributed by atoms with Crippen LogP contribution >= 0.6 is 0 Å². The van der Waals surface area contributed by atoms with Crippen LogP contribution in [0.3, 0.4) is 0 Å². The van der Waals surface area contributed by atoms with Gasteiger partial charge in [0.2, 0.25) is 0 Å². The average Bonchev–Trinajstić information content (AvgIpc) is 3.16. The van der Waals surface area contributed by atoms with Crippen molar-refractivity contribution in [1.82, 2.24) is 29.4 Å². The zero-order chi connectivity index (χ0) is 22.6. The van der Waals surface area contributed by atoms with E-state index in [0.29, 0.717) is 17.1 Å². The van der Waals surface area contributed by atoms with E-state index in [2.05, 4.69) is 39.8 Å². The Balaban J connectivity index is 1.11. The van der Waals surface area contributed by atoms with E-state index in [-0.39, 0.29) is 17.8 Å². The maximum atomic E-state index is 12.6. The number of aromatic nitrogens is 4. The molecule has 4 aromatic heterocycles. The molecule has 0 radical (unpaired) electrons. The van der Waals surface area contributed by atoms with E-state index in [4.69, 9.17) is 0 Å². The van der Waals surface area contributed by atoms with E-state index in [1.54, 1.807) is 24.4 Å². The first kappa shape index (κ1) is 20.1. The van der Waals surface area contributed by atoms with Gasteiger partial charge in [-0.3, -0.25) is 14.0 Å². The van der Waals surface area contributed by atoms with Gasteiger partial charge in [-0.15, -0.1) is 0 Å². The van der Waals surface area contributed by atoms with E-state index in [0.717, 1.165) is 23.8 Å². The lowest BCUT2D eigenvalue weighted by atomic mass is 9.42. The van der Waals surface area contributed by atoms with Crippen LogP contribution in [0, 0.1) is 11.3 Å². The first-order valence-electron chi connectivity index (χ1n) is 11.5. The van der Waals surface area contributed by atoms with Gasteiger partial charge in [0.15, 0.2) is 0 Å². The summed E-state index contributed by atoms with van der Waals surface area (Å²) in [6, 6.07) is 11.1. The molecule has 3 aliphatic rings. The SMILES string of the molecule is CC(NCc1ccc2nc(CNC(=O)c3cc(=O)n4ccccc4n3)cn2c1)C12CC(C1)C2. The largest absolute Gasteiger partial charge is 0.345 e. The van der Waals surface area contributed by atoms with Crippen LogP contribution in [0.5, 0.6) is 0 Å². The topological polar surface area (TPSA) is 92.8 Å². The molecule has 3 fully saturated rings. The highest BCUT2D eigenvalue weighted by atomic mass is 16.2. The van der Waals surface area contributed by atoms with E-state index >= 15 is 0 Å². The van der Waals surface area contributed by atoms with Gasteiger partial charge in [-0.05, 0) is 61.3 Å². The molecule has 7 rings (SSSR count). The molecule has 1 amide bonds. The summed E-state index contributed by atoms with van der Waals surface area (Å²) in [5.41, 5.74) is 3.58. The second-order valence-electron chi connectivity index (χ2n) is 9.57. The van der Waals surface area contributed by atoms with Gasteiger partial charge in [-0.1, -0.05) is 12.1 Å². The van der Waals surface area contributed by atoms with Gasteiger partial charge in [0.25, 0.3) is 11.5 Å². The van der Waals surface area contributed by atoms with E-state index in [9.17, 15) is 9.59 Å². The Morgan fingerprint density at radius 2 is 1.97 bits per heavy atom. The van der Waals surface area contributed by atoms with Crippen LogP contribution in [-0.4, -0.2) is 30.7 Å². The monoisotopic (exact) mass is 442 g/mol. The van der Waals surface area contributed by atoms with E-state index < -0.39 is 5.91 Å². The summed E-state index contributed by atoms with van der Waals surface area (Å²) in [7, 11) is 0. The number of amides is 1. The molecule has 33 heavy (non-hydrogen) atoms. The van der Waals surface area contributed by atoms with Crippen molar-refractivity contribution < 1.29 is 4.79 Å². The second-order valence-corrected chi connectivity index (χ2v) is 9.57. The van der Waals surface area contributed by atoms with Crippen LogP contribution in [0.25, 0.3) is 11.3 Å². The summed E-state index contributed by atoms with van der Waals surface area (Å²) in [5, 5.41) is 6.52. The van der Waals surface area contributed by atoms with Crippen molar-refractivity contribution in [2.75, 3.05) is 0 Å². The molecule has 8 heteroatoms. The molecular formula is C25H26N6O2. The van der Waals surface area contributed by atoms with Crippen molar-refractivity contribution in [2.45, 2.75) is 45.3 Å². The lowest BCUT2D eigenvalue weighted by molar-refractivity contribution is -0.129. The normalized spacial score (nSPS) is 22.0. The molecule has 0 spiro atoms. The number of nitrogens with zero attached hydrogens (tertiary/aromatic N) is 4. The van der Waals surface area contributed by atoms with Gasteiger partial charge in [0.05, 0.1) is 12.2 Å². The standard InChI is InChI=1S/C25H26N6O2/c1-16(25-9-18(10-25)11-25)26-12-17-5-6-21-28-19(15-30(21)14-17)13-27-24(33)20-8-23(32)31-7-3-2-4-22(31)29-20/h2-8,14-16,18,26H,9-13H2,1H3,(H,27,33). The molecule has 1 atom stereocenters. The maximum Gasteiger partial charge on any atom is 0.270 e. The fourth-order valence-corrected chi connectivity index (χ4v) is 5.27. The molecule has 2 N–H and O–H groups in total. The summed E-state index contributed by atoms with van der Waals surface area (Å²) in [6.45, 7) is 3.40. The van der Waals surface area contributed by atoms with Crippen LogP contribution < -0.4 is 16.2 Å². The highest BCUT2D eigenvalue weighted by molar-refractivity contribution is 5.92. The Morgan fingerprint density at radius 3 is 2.76 bits per heavy atom. The molecule has 3 aliphatic carbocycles. The molecule has 4 heterocycles. The molecule has 168 valence electrons. The zero-order valence-corrected chi connectivity index (χ0v) is 18.5. The Hall–Kier alpha value is -3.52. The summed E-state index contributed by atoms with van der Waals surface area (Å²) in [5.74, 6) is 0.594. The summed E-state index contributed by atoms with van der Waals surface area (Å²) < 4.78 is 3.39. The van der Waals surface area contributed by atoms with Crippen LogP contribution in [0.2, 0.25) is 0 Å². The van der Waals surface area contributed by atoms with Crippen LogP contribution in [0.1, 0.15) is 47.9 Å². The minimum absolute atomic E-state index is 0.0983. The highest BCUT2D eigenvalue weighted by Crippen LogP contribution is 2.66. The van der Waals surface area contributed by atoms with Gasteiger partial charge in [0, 0.05) is 37.2 Å². The third-order valence-electron chi connectivity index (χ3n) is 7.41. The van der Waals surface area contributed by atoms with Gasteiger partial charge in [0.1, 0.15) is 17.0 Å². The van der Waals surface area contributed by atoms with Crippen LogP contribution in [0.4, 0.5) is 0 Å². The number of hydrogen-bond donors (Lipinski definition) is 2. The molecule has 3 saturated carbocycles. The van der Waals surface area contributed by atoms with Gasteiger partial charge in [-0.2, -0.15) is 0 Å². The Bertz CT molecular complexity index is 1420. The van der Waals surface area contributed by atoms with Crippen LogP contribution in [0.15, 0.2) is 59.8 Å². The van der Waals surface area contributed by atoms with E-state index in [1.807, 2.05) is 16.7 Å². The summed E-state index contributed by atoms with van der Waals surface area (Å²) in [4.78, 5) is 33.7. The number of carbonyl (C=O) groups excluding carboxylic acids is 1. The average molecular weight is 443 g/mol. The van der Waals surface area contributed by atoms with Crippen molar-refractivity contribution in [3.8, 4) is 0 Å². The number of rotatable bonds is 7. The number of pyridine rings is 2. The lowest BCUT2D eigenvalue weighted by Gasteiger charge is -2.65. The van der Waals surface area contributed by atoms with Crippen molar-refractivity contribution in [3.63, 3.8) is 0 Å². The molecule has 0 aromatic carbocycles. The maximum absolute atomic E-state index is 12.6. The third kappa shape index (κ3) is 3.51. The molecular weight excluding hydrogens is 416 g/mol.